The van der Waals surface area contributed by atoms with Crippen molar-refractivity contribution in [1.29, 1.82) is 0 Å². The standard InChI is InChI=1S/C16H14N4O2/c21-15-13-9-5-4-8-12(13)14(19-20-15)10-17-16(22)18-11-6-2-1-3-7-11/h1-9H,10H2,(H,20,21)(H2,17,18,22). The fraction of sp³-hybridized carbons (Fsp3) is 0.0625. The van der Waals surface area contributed by atoms with E-state index in [1.807, 2.05) is 30.3 Å². The van der Waals surface area contributed by atoms with Crippen molar-refractivity contribution in [2.45, 2.75) is 6.54 Å². The quantitative estimate of drug-likeness (QED) is 0.692. The number of amides is 2. The molecule has 0 fully saturated rings. The third kappa shape index (κ3) is 2.95. The van der Waals surface area contributed by atoms with E-state index in [2.05, 4.69) is 20.8 Å². The average molecular weight is 294 g/mol. The number of carbonyl (C=O) groups excluding carboxylic acids is 1. The van der Waals surface area contributed by atoms with Crippen LogP contribution >= 0.6 is 0 Å². The second-order valence-electron chi connectivity index (χ2n) is 4.72. The highest BCUT2D eigenvalue weighted by Crippen LogP contribution is 2.12. The van der Waals surface area contributed by atoms with Gasteiger partial charge >= 0.3 is 6.03 Å². The number of fused-ring (bicyclic) bond motifs is 1. The van der Waals surface area contributed by atoms with E-state index in [4.69, 9.17) is 0 Å². The van der Waals surface area contributed by atoms with Gasteiger partial charge in [0.05, 0.1) is 17.6 Å². The molecule has 0 saturated carbocycles. The monoisotopic (exact) mass is 294 g/mol. The van der Waals surface area contributed by atoms with Crippen LogP contribution in [0, 0.1) is 0 Å². The van der Waals surface area contributed by atoms with E-state index in [0.29, 0.717) is 16.8 Å². The summed E-state index contributed by atoms with van der Waals surface area (Å²) in [6.45, 7) is 0.218. The molecule has 2 aromatic carbocycles. The van der Waals surface area contributed by atoms with Gasteiger partial charge in [0.1, 0.15) is 0 Å². The van der Waals surface area contributed by atoms with Crippen LogP contribution < -0.4 is 16.2 Å². The number of hydrogen-bond donors (Lipinski definition) is 3. The number of urea groups is 1. The van der Waals surface area contributed by atoms with Gasteiger partial charge in [0, 0.05) is 11.1 Å². The molecule has 1 aromatic heterocycles. The summed E-state index contributed by atoms with van der Waals surface area (Å²) >= 11 is 0. The normalized spacial score (nSPS) is 10.4. The first-order valence-electron chi connectivity index (χ1n) is 6.80. The topological polar surface area (TPSA) is 86.9 Å². The number of benzene rings is 2. The lowest BCUT2D eigenvalue weighted by Gasteiger charge is -2.08. The first kappa shape index (κ1) is 13.8. The summed E-state index contributed by atoms with van der Waals surface area (Å²) in [4.78, 5) is 23.6. The minimum Gasteiger partial charge on any atom is -0.332 e. The maximum Gasteiger partial charge on any atom is 0.319 e. The molecular weight excluding hydrogens is 280 g/mol. The molecule has 0 spiro atoms. The Morgan fingerprint density at radius 2 is 1.68 bits per heavy atom. The number of aromatic nitrogens is 2. The molecule has 22 heavy (non-hydrogen) atoms. The summed E-state index contributed by atoms with van der Waals surface area (Å²) in [5.41, 5.74) is 1.07. The van der Waals surface area contributed by atoms with E-state index in [0.717, 1.165) is 5.39 Å². The predicted molar refractivity (Wildman–Crippen MR) is 84.7 cm³/mol. The zero-order valence-corrected chi connectivity index (χ0v) is 11.7. The summed E-state index contributed by atoms with van der Waals surface area (Å²) in [5, 5.41) is 13.2. The van der Waals surface area contributed by atoms with Gasteiger partial charge in [-0.05, 0) is 18.2 Å². The summed E-state index contributed by atoms with van der Waals surface area (Å²) in [6, 6.07) is 16.0. The zero-order valence-electron chi connectivity index (χ0n) is 11.7. The number of para-hydroxylation sites is 1. The highest BCUT2D eigenvalue weighted by molar-refractivity contribution is 5.89. The number of hydrogen-bond acceptors (Lipinski definition) is 3. The van der Waals surface area contributed by atoms with Crippen LogP contribution in [0.3, 0.4) is 0 Å². The average Bonchev–Trinajstić information content (AvgIpc) is 2.55. The van der Waals surface area contributed by atoms with Crippen molar-refractivity contribution < 1.29 is 4.79 Å². The van der Waals surface area contributed by atoms with Crippen molar-refractivity contribution in [1.82, 2.24) is 15.5 Å². The predicted octanol–water partition coefficient (Wildman–Crippen LogP) is 2.24. The number of nitrogens with zero attached hydrogens (tertiary/aromatic N) is 1. The van der Waals surface area contributed by atoms with Crippen molar-refractivity contribution in [2.24, 2.45) is 0 Å². The molecular formula is C16H14N4O2. The molecule has 6 nitrogen and oxygen atoms in total. The molecule has 1 heterocycles. The summed E-state index contributed by atoms with van der Waals surface area (Å²) in [5.74, 6) is 0. The van der Waals surface area contributed by atoms with E-state index in [-0.39, 0.29) is 18.1 Å². The van der Waals surface area contributed by atoms with Gasteiger partial charge < -0.3 is 10.6 Å². The van der Waals surface area contributed by atoms with Gasteiger partial charge in [0.15, 0.2) is 0 Å². The Kier molecular flexibility index (Phi) is 3.82. The van der Waals surface area contributed by atoms with Crippen molar-refractivity contribution in [3.05, 3.63) is 70.6 Å². The minimum absolute atomic E-state index is 0.218. The lowest BCUT2D eigenvalue weighted by molar-refractivity contribution is 0.251. The summed E-state index contributed by atoms with van der Waals surface area (Å²) < 4.78 is 0. The molecule has 0 saturated heterocycles. The second kappa shape index (κ2) is 6.09. The number of aromatic amines is 1. The first-order chi connectivity index (χ1) is 10.7. The van der Waals surface area contributed by atoms with E-state index < -0.39 is 0 Å². The van der Waals surface area contributed by atoms with E-state index in [1.54, 1.807) is 24.3 Å². The molecule has 0 bridgehead atoms. The molecule has 6 heteroatoms. The third-order valence-electron chi connectivity index (χ3n) is 3.22. The van der Waals surface area contributed by atoms with Gasteiger partial charge in [-0.3, -0.25) is 4.79 Å². The molecule has 0 unspecified atom stereocenters. The van der Waals surface area contributed by atoms with E-state index >= 15 is 0 Å². The SMILES string of the molecule is O=C(NCc1n[nH]c(=O)c2ccccc12)Nc1ccccc1. The smallest absolute Gasteiger partial charge is 0.319 e. The highest BCUT2D eigenvalue weighted by atomic mass is 16.2. The minimum atomic E-state index is -0.330. The Morgan fingerprint density at radius 3 is 2.45 bits per heavy atom. The lowest BCUT2D eigenvalue weighted by atomic mass is 10.1. The number of H-pyrrole nitrogens is 1. The highest BCUT2D eigenvalue weighted by Gasteiger charge is 2.07. The van der Waals surface area contributed by atoms with Gasteiger partial charge in [-0.25, -0.2) is 9.89 Å². The molecule has 3 rings (SSSR count). The Labute approximate surface area is 126 Å². The maximum absolute atomic E-state index is 11.9. The van der Waals surface area contributed by atoms with Crippen LogP contribution in [0.5, 0.6) is 0 Å². The van der Waals surface area contributed by atoms with Crippen LogP contribution in [0.1, 0.15) is 5.69 Å². The number of nitrogens with one attached hydrogen (secondary N) is 3. The van der Waals surface area contributed by atoms with Crippen molar-refractivity contribution in [3.8, 4) is 0 Å². The van der Waals surface area contributed by atoms with Gasteiger partial charge in [-0.1, -0.05) is 36.4 Å². The molecule has 0 aliphatic carbocycles. The van der Waals surface area contributed by atoms with Crippen molar-refractivity contribution in [2.75, 3.05) is 5.32 Å². The molecule has 0 radical (unpaired) electrons. The molecule has 0 aliphatic rings. The molecule has 3 aromatic rings. The molecule has 3 N–H and O–H groups in total. The van der Waals surface area contributed by atoms with Crippen LogP contribution in [-0.4, -0.2) is 16.2 Å². The Morgan fingerprint density at radius 1 is 1.00 bits per heavy atom. The molecule has 110 valence electrons. The Balaban J connectivity index is 1.73. The second-order valence-corrected chi connectivity index (χ2v) is 4.72. The molecule has 2 amide bonds. The van der Waals surface area contributed by atoms with Crippen LogP contribution in [-0.2, 0) is 6.54 Å². The van der Waals surface area contributed by atoms with Crippen LogP contribution in [0.25, 0.3) is 10.8 Å². The van der Waals surface area contributed by atoms with Gasteiger partial charge in [0.25, 0.3) is 5.56 Å². The molecule has 0 aliphatic heterocycles. The number of rotatable bonds is 3. The van der Waals surface area contributed by atoms with Crippen molar-refractivity contribution >= 4 is 22.5 Å². The van der Waals surface area contributed by atoms with Crippen LogP contribution in [0.4, 0.5) is 10.5 Å². The Bertz CT molecular complexity index is 859. The fourth-order valence-electron chi connectivity index (χ4n) is 2.17. The van der Waals surface area contributed by atoms with E-state index in [9.17, 15) is 9.59 Å². The van der Waals surface area contributed by atoms with Crippen molar-refractivity contribution in [3.63, 3.8) is 0 Å². The van der Waals surface area contributed by atoms with Gasteiger partial charge in [0.2, 0.25) is 0 Å². The van der Waals surface area contributed by atoms with Crippen LogP contribution in [0.2, 0.25) is 0 Å². The zero-order chi connectivity index (χ0) is 15.4. The number of carbonyl (C=O) groups is 1. The third-order valence-corrected chi connectivity index (χ3v) is 3.22. The summed E-state index contributed by atoms with van der Waals surface area (Å²) in [7, 11) is 0. The van der Waals surface area contributed by atoms with E-state index in [1.165, 1.54) is 0 Å². The fourth-order valence-corrected chi connectivity index (χ4v) is 2.17. The van der Waals surface area contributed by atoms with Gasteiger partial charge in [-0.15, -0.1) is 0 Å². The van der Waals surface area contributed by atoms with Crippen LogP contribution in [0.15, 0.2) is 59.4 Å². The maximum atomic E-state index is 11.9. The first-order valence-corrected chi connectivity index (χ1v) is 6.80. The summed E-state index contributed by atoms with van der Waals surface area (Å²) in [6.07, 6.45) is 0. The molecule has 0 atom stereocenters. The Hall–Kier alpha value is -3.15. The number of anilines is 1. The van der Waals surface area contributed by atoms with Gasteiger partial charge in [-0.2, -0.15) is 5.10 Å². The largest absolute Gasteiger partial charge is 0.332 e. The lowest BCUT2D eigenvalue weighted by Crippen LogP contribution is -2.29.